The van der Waals surface area contributed by atoms with E-state index < -0.39 is 8.32 Å². The Kier molecular flexibility index (Phi) is 3.92. The minimum atomic E-state index is -1.74. The Hall–Kier alpha value is 0.127. The zero-order valence-corrected chi connectivity index (χ0v) is 13.5. The number of β-lactam (4-membered cyclic amide) rings is 1. The second-order valence-electron chi connectivity index (χ2n) is 6.02. The van der Waals surface area contributed by atoms with Gasteiger partial charge in [-0.3, -0.25) is 4.79 Å². The molecular weight excluding hydrogens is 286 g/mol. The first-order valence-corrected chi connectivity index (χ1v) is 9.51. The van der Waals surface area contributed by atoms with Gasteiger partial charge < -0.3 is 9.74 Å². The average molecular weight is 308 g/mol. The van der Waals surface area contributed by atoms with Gasteiger partial charge in [0.25, 0.3) is 0 Å². The third-order valence-corrected chi connectivity index (χ3v) is 9.23. The van der Waals surface area contributed by atoms with E-state index in [4.69, 9.17) is 4.43 Å². The summed E-state index contributed by atoms with van der Waals surface area (Å²) in [6.45, 7) is 13.2. The van der Waals surface area contributed by atoms with Crippen LogP contribution in [0.25, 0.3) is 0 Å². The highest BCUT2D eigenvalue weighted by Crippen LogP contribution is 2.38. The van der Waals surface area contributed by atoms with E-state index in [1.165, 1.54) is 0 Å². The lowest BCUT2D eigenvalue weighted by Gasteiger charge is -2.44. The zero-order chi connectivity index (χ0) is 12.7. The summed E-state index contributed by atoms with van der Waals surface area (Å²) in [6, 6.07) is 0.113. The van der Waals surface area contributed by atoms with Gasteiger partial charge in [0.15, 0.2) is 8.32 Å². The number of hydrogen-bond donors (Lipinski definition) is 1. The van der Waals surface area contributed by atoms with Gasteiger partial charge in [-0.15, -0.1) is 0 Å². The molecule has 0 bridgehead atoms. The van der Waals surface area contributed by atoms with Crippen molar-refractivity contribution < 1.29 is 9.22 Å². The minimum absolute atomic E-state index is 0.0654. The molecule has 3 nitrogen and oxygen atoms in total. The normalized spacial score (nSPS) is 28.3. The Balaban J connectivity index is 2.58. The van der Waals surface area contributed by atoms with E-state index >= 15 is 0 Å². The van der Waals surface area contributed by atoms with E-state index in [9.17, 15) is 4.79 Å². The van der Waals surface area contributed by atoms with E-state index in [0.717, 1.165) is 0 Å². The van der Waals surface area contributed by atoms with Crippen LogP contribution >= 0.6 is 15.9 Å². The topological polar surface area (TPSA) is 38.3 Å². The molecule has 1 saturated heterocycles. The summed E-state index contributed by atoms with van der Waals surface area (Å²) < 4.78 is 6.22. The van der Waals surface area contributed by atoms with Gasteiger partial charge in [0.1, 0.15) is 4.83 Å². The summed E-state index contributed by atoms with van der Waals surface area (Å²) in [5.74, 6) is 0.0654. The van der Waals surface area contributed by atoms with E-state index in [-0.39, 0.29) is 27.9 Å². The van der Waals surface area contributed by atoms with Crippen LogP contribution in [0.15, 0.2) is 0 Å². The fourth-order valence-corrected chi connectivity index (χ4v) is 3.58. The number of carbonyl (C=O) groups is 1. The van der Waals surface area contributed by atoms with E-state index in [1.807, 2.05) is 6.92 Å². The fourth-order valence-electron chi connectivity index (χ4n) is 1.45. The van der Waals surface area contributed by atoms with E-state index in [0.29, 0.717) is 0 Å². The Morgan fingerprint density at radius 2 is 1.94 bits per heavy atom. The Morgan fingerprint density at radius 1 is 1.44 bits per heavy atom. The van der Waals surface area contributed by atoms with Crippen molar-refractivity contribution in [3.63, 3.8) is 0 Å². The predicted molar refractivity (Wildman–Crippen MR) is 72.4 cm³/mol. The van der Waals surface area contributed by atoms with Crippen LogP contribution in [-0.2, 0) is 9.22 Å². The molecule has 0 aromatic rings. The summed E-state index contributed by atoms with van der Waals surface area (Å²) in [5.41, 5.74) is 0. The first-order valence-electron chi connectivity index (χ1n) is 5.68. The summed E-state index contributed by atoms with van der Waals surface area (Å²) >= 11 is 3.37. The number of hydrogen-bond acceptors (Lipinski definition) is 2. The molecule has 1 aliphatic rings. The lowest BCUT2D eigenvalue weighted by atomic mass is 10.0. The van der Waals surface area contributed by atoms with Crippen molar-refractivity contribution in [3.05, 3.63) is 0 Å². The van der Waals surface area contributed by atoms with Gasteiger partial charge in [-0.1, -0.05) is 36.7 Å². The molecule has 1 rings (SSSR count). The number of alkyl halides is 1. The quantitative estimate of drug-likeness (QED) is 0.494. The zero-order valence-electron chi connectivity index (χ0n) is 10.9. The highest BCUT2D eigenvalue weighted by Gasteiger charge is 2.45. The molecule has 0 unspecified atom stereocenters. The minimum Gasteiger partial charge on any atom is -0.412 e. The van der Waals surface area contributed by atoms with Crippen molar-refractivity contribution in [3.8, 4) is 0 Å². The first kappa shape index (κ1) is 14.2. The molecule has 1 amide bonds. The van der Waals surface area contributed by atoms with Gasteiger partial charge in [-0.25, -0.2) is 0 Å². The second kappa shape index (κ2) is 4.42. The summed E-state index contributed by atoms with van der Waals surface area (Å²) in [7, 11) is -1.74. The van der Waals surface area contributed by atoms with Crippen molar-refractivity contribution in [1.29, 1.82) is 0 Å². The number of nitrogens with one attached hydrogen (secondary N) is 1. The molecule has 5 heteroatoms. The Morgan fingerprint density at radius 3 is 2.25 bits per heavy atom. The van der Waals surface area contributed by atoms with Crippen LogP contribution in [0.1, 0.15) is 27.7 Å². The largest absolute Gasteiger partial charge is 0.412 e. The van der Waals surface area contributed by atoms with Crippen molar-refractivity contribution in [2.45, 2.75) is 62.8 Å². The van der Waals surface area contributed by atoms with Crippen molar-refractivity contribution in [2.75, 3.05) is 0 Å². The molecule has 1 aliphatic heterocycles. The highest BCUT2D eigenvalue weighted by molar-refractivity contribution is 9.10. The molecule has 1 fully saturated rings. The van der Waals surface area contributed by atoms with Crippen LogP contribution in [0.4, 0.5) is 0 Å². The lowest BCUT2D eigenvalue weighted by Crippen LogP contribution is -2.65. The molecule has 0 radical (unpaired) electrons. The molecule has 1 N–H and O–H groups in total. The summed E-state index contributed by atoms with van der Waals surface area (Å²) in [5, 5.41) is 3.08. The molecular formula is C11H22BrNO2Si. The Labute approximate surface area is 108 Å². The van der Waals surface area contributed by atoms with Gasteiger partial charge in [0.2, 0.25) is 5.91 Å². The molecule has 0 aliphatic carbocycles. The SMILES string of the molecule is C[C@H](O[Si](C)(C)C(C)(C)C)[C@@H]1NC(=O)[C@H]1Br. The van der Waals surface area contributed by atoms with Crippen LogP contribution in [-0.4, -0.2) is 31.2 Å². The van der Waals surface area contributed by atoms with E-state index in [1.54, 1.807) is 0 Å². The maximum atomic E-state index is 11.1. The Bertz CT molecular complexity index is 288. The highest BCUT2D eigenvalue weighted by atomic mass is 79.9. The number of amides is 1. The fraction of sp³-hybridized carbons (Fsp3) is 0.909. The van der Waals surface area contributed by atoms with Crippen molar-refractivity contribution in [1.82, 2.24) is 5.32 Å². The maximum absolute atomic E-state index is 11.1. The number of halogens is 1. The van der Waals surface area contributed by atoms with Crippen LogP contribution in [0, 0.1) is 0 Å². The molecule has 94 valence electrons. The van der Waals surface area contributed by atoms with Gasteiger partial charge in [-0.05, 0) is 25.1 Å². The van der Waals surface area contributed by atoms with Crippen LogP contribution in [0.2, 0.25) is 18.1 Å². The number of rotatable bonds is 3. The smallest absolute Gasteiger partial charge is 0.236 e. The first-order chi connectivity index (χ1) is 7.06. The van der Waals surface area contributed by atoms with Crippen molar-refractivity contribution >= 4 is 30.2 Å². The lowest BCUT2D eigenvalue weighted by molar-refractivity contribution is -0.129. The molecule has 0 aromatic heterocycles. The molecule has 0 saturated carbocycles. The third kappa shape index (κ3) is 2.68. The van der Waals surface area contributed by atoms with Crippen LogP contribution in [0.3, 0.4) is 0 Å². The predicted octanol–water partition coefficient (Wildman–Crippen LogP) is 2.66. The summed E-state index contributed by atoms with van der Waals surface area (Å²) in [4.78, 5) is 11.0. The molecule has 0 aromatic carbocycles. The van der Waals surface area contributed by atoms with Gasteiger partial charge in [0, 0.05) is 0 Å². The van der Waals surface area contributed by atoms with Crippen molar-refractivity contribution in [2.24, 2.45) is 0 Å². The molecule has 1 heterocycles. The summed E-state index contributed by atoms with van der Waals surface area (Å²) in [6.07, 6.45) is 0.0722. The third-order valence-electron chi connectivity index (χ3n) is 3.67. The maximum Gasteiger partial charge on any atom is 0.236 e. The molecule has 3 atom stereocenters. The monoisotopic (exact) mass is 307 g/mol. The molecule has 0 spiro atoms. The van der Waals surface area contributed by atoms with Crippen LogP contribution in [0.5, 0.6) is 0 Å². The number of carbonyl (C=O) groups excluding carboxylic acids is 1. The molecule has 16 heavy (non-hydrogen) atoms. The standard InChI is InChI=1S/C11H22BrNO2Si/c1-7(9-8(12)10(14)13-9)15-16(5,6)11(2,3)4/h7-9H,1-6H3,(H,13,14)/t7-,8-,9-/m0/s1. The second-order valence-corrected chi connectivity index (χ2v) is 11.8. The van der Waals surface area contributed by atoms with Gasteiger partial charge in [-0.2, -0.15) is 0 Å². The average Bonchev–Trinajstić information content (AvgIpc) is 2.10. The van der Waals surface area contributed by atoms with E-state index in [2.05, 4.69) is 55.1 Å². The van der Waals surface area contributed by atoms with Crippen LogP contribution < -0.4 is 5.32 Å². The van der Waals surface area contributed by atoms with Gasteiger partial charge >= 0.3 is 0 Å². The van der Waals surface area contributed by atoms with Gasteiger partial charge in [0.05, 0.1) is 12.1 Å².